The van der Waals surface area contributed by atoms with Crippen LogP contribution in [0.3, 0.4) is 0 Å². The van der Waals surface area contributed by atoms with Gasteiger partial charge in [0, 0.05) is 5.75 Å². The Kier molecular flexibility index (Phi) is 9.07. The quantitative estimate of drug-likeness (QED) is 0.209. The lowest BCUT2D eigenvalue weighted by Crippen LogP contribution is -2.50. The van der Waals surface area contributed by atoms with E-state index in [9.17, 15) is 32.7 Å². The maximum Gasteiger partial charge on any atom is 0.312 e. The van der Waals surface area contributed by atoms with Gasteiger partial charge in [-0.05, 0) is 29.3 Å². The summed E-state index contributed by atoms with van der Waals surface area (Å²) in [6.45, 7) is 1.96. The number of aromatic nitrogens is 1. The normalized spacial score (nSPS) is 18.6. The van der Waals surface area contributed by atoms with E-state index in [2.05, 4.69) is 4.98 Å². The number of likely N-dealkylation sites (tertiary alicyclic amines) is 1. The van der Waals surface area contributed by atoms with Crippen LogP contribution in [-0.4, -0.2) is 68.7 Å². The fraction of sp³-hybridized carbons (Fsp3) is 0.500. The lowest BCUT2D eigenvalue weighted by Gasteiger charge is -2.23. The molecule has 0 aromatic carbocycles. The van der Waals surface area contributed by atoms with Crippen molar-refractivity contribution >= 4 is 55.4 Å². The van der Waals surface area contributed by atoms with Crippen LogP contribution in [0.15, 0.2) is 23.2 Å². The van der Waals surface area contributed by atoms with Crippen LogP contribution in [0.4, 0.5) is 0 Å². The van der Waals surface area contributed by atoms with Gasteiger partial charge in [-0.1, -0.05) is 36.6 Å². The molecule has 1 aromatic heterocycles. The fourth-order valence-electron chi connectivity index (χ4n) is 3.10. The van der Waals surface area contributed by atoms with Gasteiger partial charge in [0.1, 0.15) is 11.1 Å². The van der Waals surface area contributed by atoms with E-state index in [1.165, 1.54) is 0 Å². The van der Waals surface area contributed by atoms with Gasteiger partial charge in [-0.2, -0.15) is 8.42 Å². The first-order valence-corrected chi connectivity index (χ1v) is 13.4. The van der Waals surface area contributed by atoms with Gasteiger partial charge in [-0.25, -0.2) is 4.98 Å². The molecular formula is C18H23N3O8S3. The van der Waals surface area contributed by atoms with Crippen LogP contribution in [0, 0.1) is 0 Å². The van der Waals surface area contributed by atoms with Gasteiger partial charge in [0.2, 0.25) is 11.8 Å². The number of pyridine rings is 1. The van der Waals surface area contributed by atoms with Crippen LogP contribution in [0.2, 0.25) is 0 Å². The zero-order chi connectivity index (χ0) is 24.1. The zero-order valence-electron chi connectivity index (χ0n) is 17.0. The van der Waals surface area contributed by atoms with Crippen molar-refractivity contribution in [1.82, 2.24) is 9.88 Å². The van der Waals surface area contributed by atoms with Gasteiger partial charge in [-0.15, -0.1) is 0 Å². The van der Waals surface area contributed by atoms with Crippen molar-refractivity contribution in [3.63, 3.8) is 0 Å². The molecule has 1 aliphatic rings. The lowest BCUT2D eigenvalue weighted by molar-refractivity contribution is -0.145. The molecule has 2 heterocycles. The number of amides is 3. The number of hydrogen-bond donors (Lipinski definition) is 3. The number of aliphatic carboxylic acids is 1. The first-order chi connectivity index (χ1) is 15.0. The van der Waals surface area contributed by atoms with Crippen molar-refractivity contribution < 1.29 is 37.3 Å². The van der Waals surface area contributed by atoms with Crippen molar-refractivity contribution in [2.24, 2.45) is 5.73 Å². The second-order valence-corrected chi connectivity index (χ2v) is 11.0. The molecule has 2 rings (SSSR count). The second kappa shape index (κ2) is 11.1. The Balaban J connectivity index is 2.09. The van der Waals surface area contributed by atoms with Gasteiger partial charge in [-0.3, -0.25) is 28.6 Å². The number of carbonyl (C=O) groups excluding carboxylic acids is 3. The minimum Gasteiger partial charge on any atom is -0.481 e. The SMILES string of the molecule is CCCCC(C(=O)O)c1cccc(SSCC(C(N)=O)N2C(=O)CC(S(=O)(=O)O)C2=O)n1. The summed E-state index contributed by atoms with van der Waals surface area (Å²) in [7, 11) is -2.68. The molecule has 3 unspecified atom stereocenters. The zero-order valence-corrected chi connectivity index (χ0v) is 19.5. The molecular weight excluding hydrogens is 482 g/mol. The largest absolute Gasteiger partial charge is 0.481 e. The Hall–Kier alpha value is -2.16. The third kappa shape index (κ3) is 6.43. The number of carboxylic acid groups (broad SMARTS) is 1. The van der Waals surface area contributed by atoms with E-state index >= 15 is 0 Å². The highest BCUT2D eigenvalue weighted by molar-refractivity contribution is 8.76. The summed E-state index contributed by atoms with van der Waals surface area (Å²) >= 11 is 0. The second-order valence-electron chi connectivity index (χ2n) is 7.03. The molecule has 176 valence electrons. The topological polar surface area (TPSA) is 185 Å². The molecule has 3 atom stereocenters. The predicted octanol–water partition coefficient (Wildman–Crippen LogP) is 1.05. The number of rotatable bonds is 12. The van der Waals surface area contributed by atoms with Crippen molar-refractivity contribution in [3.05, 3.63) is 23.9 Å². The van der Waals surface area contributed by atoms with Crippen LogP contribution < -0.4 is 5.73 Å². The van der Waals surface area contributed by atoms with Crippen LogP contribution >= 0.6 is 21.6 Å². The molecule has 0 radical (unpaired) electrons. The number of primary amides is 1. The molecule has 0 bridgehead atoms. The molecule has 1 aromatic rings. The van der Waals surface area contributed by atoms with Gasteiger partial charge in [0.15, 0.2) is 5.25 Å². The van der Waals surface area contributed by atoms with Crippen molar-refractivity contribution in [2.45, 2.75) is 54.8 Å². The van der Waals surface area contributed by atoms with Crippen molar-refractivity contribution in [3.8, 4) is 0 Å². The standard InChI is InChI=1S/C18H23N3O8S3/c1-2-3-5-10(18(25)26)11-6-4-7-14(20-11)31-30-9-12(16(19)23)21-15(22)8-13(17(21)24)32(27,28)29/h4,6-7,10,12-13H,2-3,5,8-9H2,1H3,(H2,19,23)(H,25,26)(H,27,28,29). The third-order valence-corrected chi connectivity index (χ3v) is 8.09. The van der Waals surface area contributed by atoms with Gasteiger partial charge >= 0.3 is 5.97 Å². The monoisotopic (exact) mass is 505 g/mol. The molecule has 1 saturated heterocycles. The number of nitrogens with zero attached hydrogens (tertiary/aromatic N) is 2. The summed E-state index contributed by atoms with van der Waals surface area (Å²) in [6.07, 6.45) is 1.25. The first kappa shape index (κ1) is 26.1. The molecule has 4 N–H and O–H groups in total. The third-order valence-electron chi connectivity index (χ3n) is 4.76. The summed E-state index contributed by atoms with van der Waals surface area (Å²) < 4.78 is 31.7. The molecule has 11 nitrogen and oxygen atoms in total. The Morgan fingerprint density at radius 1 is 1.34 bits per heavy atom. The maximum atomic E-state index is 12.3. The Bertz CT molecular complexity index is 1000. The molecule has 32 heavy (non-hydrogen) atoms. The molecule has 0 saturated carbocycles. The van der Waals surface area contributed by atoms with E-state index in [1.54, 1.807) is 18.2 Å². The van der Waals surface area contributed by atoms with E-state index < -0.39 is 57.4 Å². The first-order valence-electron chi connectivity index (χ1n) is 9.58. The van der Waals surface area contributed by atoms with Crippen molar-refractivity contribution in [1.29, 1.82) is 0 Å². The molecule has 0 spiro atoms. The Labute approximate surface area is 192 Å². The summed E-state index contributed by atoms with van der Waals surface area (Å²) in [6, 6.07) is 3.49. The van der Waals surface area contributed by atoms with E-state index in [-0.39, 0.29) is 5.75 Å². The highest BCUT2D eigenvalue weighted by atomic mass is 33.1. The van der Waals surface area contributed by atoms with Crippen molar-refractivity contribution in [2.75, 3.05) is 5.75 Å². The molecule has 1 aliphatic heterocycles. The predicted molar refractivity (Wildman–Crippen MR) is 117 cm³/mol. The maximum absolute atomic E-state index is 12.3. The number of unbranched alkanes of at least 4 members (excludes halogenated alkanes) is 1. The number of nitrogens with two attached hydrogens (primary N) is 1. The molecule has 0 aliphatic carbocycles. The van der Waals surface area contributed by atoms with E-state index in [4.69, 9.17) is 10.3 Å². The smallest absolute Gasteiger partial charge is 0.312 e. The average Bonchev–Trinajstić information content (AvgIpc) is 3.00. The highest BCUT2D eigenvalue weighted by Gasteiger charge is 2.49. The van der Waals surface area contributed by atoms with Crippen LogP contribution in [-0.2, 0) is 29.3 Å². The van der Waals surface area contributed by atoms with E-state index in [0.717, 1.165) is 34.4 Å². The number of carbonyl (C=O) groups is 4. The summed E-state index contributed by atoms with van der Waals surface area (Å²) in [5.74, 6) is -5.02. The lowest BCUT2D eigenvalue weighted by atomic mass is 9.98. The van der Waals surface area contributed by atoms with E-state index in [1.807, 2.05) is 6.92 Å². The minimum absolute atomic E-state index is 0.153. The average molecular weight is 506 g/mol. The summed E-state index contributed by atoms with van der Waals surface area (Å²) in [5.41, 5.74) is 5.71. The van der Waals surface area contributed by atoms with Crippen LogP contribution in [0.25, 0.3) is 0 Å². The van der Waals surface area contributed by atoms with E-state index in [0.29, 0.717) is 22.0 Å². The summed E-state index contributed by atoms with van der Waals surface area (Å²) in [4.78, 5) is 52.7. The Morgan fingerprint density at radius 2 is 2.03 bits per heavy atom. The number of hydrogen-bond acceptors (Lipinski definition) is 9. The fourth-order valence-corrected chi connectivity index (χ4v) is 5.96. The molecule has 1 fully saturated rings. The van der Waals surface area contributed by atoms with Crippen LogP contribution in [0.1, 0.15) is 44.2 Å². The van der Waals surface area contributed by atoms with Gasteiger partial charge in [0.05, 0.1) is 18.0 Å². The molecule has 14 heteroatoms. The highest BCUT2D eigenvalue weighted by Crippen LogP contribution is 2.33. The number of carboxylic acids is 1. The molecule has 3 amide bonds. The van der Waals surface area contributed by atoms with Gasteiger partial charge in [0.25, 0.3) is 16.0 Å². The number of imide groups is 1. The Morgan fingerprint density at radius 3 is 2.56 bits per heavy atom. The van der Waals surface area contributed by atoms with Gasteiger partial charge < -0.3 is 10.8 Å². The minimum atomic E-state index is -4.80. The van der Waals surface area contributed by atoms with Crippen LogP contribution in [0.5, 0.6) is 0 Å². The summed E-state index contributed by atoms with van der Waals surface area (Å²) in [5, 5.41) is 7.97.